The van der Waals surface area contributed by atoms with E-state index >= 15 is 0 Å². The van der Waals surface area contributed by atoms with Crippen LogP contribution in [0.4, 0.5) is 0 Å². The lowest BCUT2D eigenvalue weighted by Gasteiger charge is -2.11. The Morgan fingerprint density at radius 2 is 2.07 bits per heavy atom. The van der Waals surface area contributed by atoms with Crippen molar-refractivity contribution in [2.75, 3.05) is 0 Å². The summed E-state index contributed by atoms with van der Waals surface area (Å²) in [6, 6.07) is 2.58. The minimum Gasteiger partial charge on any atom is -0.345 e. The van der Waals surface area contributed by atoms with E-state index in [2.05, 4.69) is 25.3 Å². The molecule has 0 bridgehead atoms. The van der Waals surface area contributed by atoms with Gasteiger partial charge in [-0.2, -0.15) is 0 Å². The van der Waals surface area contributed by atoms with E-state index in [1.54, 1.807) is 0 Å². The molecule has 0 radical (unpaired) electrons. The molecule has 1 aliphatic carbocycles. The molecule has 1 aliphatic rings. The minimum absolute atomic E-state index is 0.411. The Kier molecular flexibility index (Phi) is 1.85. The van der Waals surface area contributed by atoms with E-state index in [4.69, 9.17) is 0 Å². The Bertz CT molecular complexity index is 387. The van der Waals surface area contributed by atoms with Crippen LogP contribution in [0.15, 0.2) is 6.07 Å². The molecule has 2 heteroatoms. The van der Waals surface area contributed by atoms with Gasteiger partial charge in [0.05, 0.1) is 0 Å². The van der Waals surface area contributed by atoms with E-state index < -0.39 is 0 Å². The summed E-state index contributed by atoms with van der Waals surface area (Å²) in [4.78, 5) is 10.8. The van der Waals surface area contributed by atoms with Crippen LogP contribution in [-0.4, -0.2) is 10.9 Å². The molecule has 14 heavy (non-hydrogen) atoms. The van der Waals surface area contributed by atoms with Crippen LogP contribution in [0.2, 0.25) is 0 Å². The number of aryl methyl sites for hydroxylation is 1. The molecule has 0 amide bonds. The number of rotatable bonds is 2. The average molecular weight is 191 g/mol. The molecule has 76 valence electrons. The summed E-state index contributed by atoms with van der Waals surface area (Å²) < 4.78 is 2.31. The Morgan fingerprint density at radius 1 is 1.50 bits per heavy atom. The van der Waals surface area contributed by atoms with Crippen LogP contribution in [0.3, 0.4) is 0 Å². The van der Waals surface area contributed by atoms with Crippen LogP contribution < -0.4 is 0 Å². The van der Waals surface area contributed by atoms with Gasteiger partial charge in [-0.1, -0.05) is 13.8 Å². The van der Waals surface area contributed by atoms with Crippen LogP contribution >= 0.6 is 0 Å². The Balaban J connectivity index is 2.44. The van der Waals surface area contributed by atoms with Gasteiger partial charge in [0.2, 0.25) is 0 Å². The molecule has 1 unspecified atom stereocenters. The minimum atomic E-state index is 0.411. The van der Waals surface area contributed by atoms with Crippen molar-refractivity contribution in [3.63, 3.8) is 0 Å². The number of aromatic nitrogens is 1. The summed E-state index contributed by atoms with van der Waals surface area (Å²) >= 11 is 0. The highest BCUT2D eigenvalue weighted by Gasteiger charge is 2.47. The molecule has 0 N–H and O–H groups in total. The molecular formula is C12H17NO. The van der Waals surface area contributed by atoms with Crippen molar-refractivity contribution in [1.29, 1.82) is 0 Å². The molecule has 1 aromatic heterocycles. The first-order valence-corrected chi connectivity index (χ1v) is 5.11. The summed E-state index contributed by atoms with van der Waals surface area (Å²) in [5.41, 5.74) is 3.58. The number of hydrogen-bond donors (Lipinski definition) is 0. The van der Waals surface area contributed by atoms with Gasteiger partial charge in [0.1, 0.15) is 0 Å². The third-order valence-electron chi connectivity index (χ3n) is 3.42. The molecular weight excluding hydrogens is 174 g/mol. The van der Waals surface area contributed by atoms with Crippen molar-refractivity contribution in [2.24, 2.45) is 5.41 Å². The molecule has 1 saturated carbocycles. The predicted octanol–water partition coefficient (Wildman–Crippen LogP) is 2.89. The summed E-state index contributed by atoms with van der Waals surface area (Å²) in [7, 11) is 0. The first kappa shape index (κ1) is 9.50. The summed E-state index contributed by atoms with van der Waals surface area (Å²) in [5.74, 6) is 0. The fourth-order valence-electron chi connectivity index (χ4n) is 2.28. The van der Waals surface area contributed by atoms with Gasteiger partial charge in [0.25, 0.3) is 0 Å². The highest BCUT2D eigenvalue weighted by molar-refractivity contribution is 5.77. The number of aldehydes is 1. The molecule has 1 heterocycles. The van der Waals surface area contributed by atoms with E-state index in [0.717, 1.165) is 17.5 Å². The number of hydrogen-bond acceptors (Lipinski definition) is 1. The summed E-state index contributed by atoms with van der Waals surface area (Å²) in [6.07, 6.45) is 2.18. The summed E-state index contributed by atoms with van der Waals surface area (Å²) in [5, 5.41) is 0. The van der Waals surface area contributed by atoms with Crippen molar-refractivity contribution in [2.45, 2.75) is 40.2 Å². The van der Waals surface area contributed by atoms with Crippen LogP contribution in [-0.2, 0) is 0 Å². The molecule has 2 rings (SSSR count). The SMILES string of the molecule is Cc1cc(C=O)c(C)n1C1CC1(C)C. The second-order valence-corrected chi connectivity index (χ2v) is 5.02. The van der Waals surface area contributed by atoms with Gasteiger partial charge >= 0.3 is 0 Å². The van der Waals surface area contributed by atoms with Crippen LogP contribution in [0.1, 0.15) is 48.1 Å². The van der Waals surface area contributed by atoms with Crippen molar-refractivity contribution >= 4 is 6.29 Å². The first-order valence-electron chi connectivity index (χ1n) is 5.11. The zero-order valence-corrected chi connectivity index (χ0v) is 9.29. The lowest BCUT2D eigenvalue weighted by atomic mass is 10.2. The van der Waals surface area contributed by atoms with Crippen LogP contribution in [0, 0.1) is 19.3 Å². The molecule has 1 atom stereocenters. The third-order valence-corrected chi connectivity index (χ3v) is 3.42. The van der Waals surface area contributed by atoms with Crippen molar-refractivity contribution in [1.82, 2.24) is 4.57 Å². The fourth-order valence-corrected chi connectivity index (χ4v) is 2.28. The van der Waals surface area contributed by atoms with Crippen LogP contribution in [0.5, 0.6) is 0 Å². The second kappa shape index (κ2) is 2.72. The maximum atomic E-state index is 10.8. The number of carbonyl (C=O) groups excluding carboxylic acids is 1. The van der Waals surface area contributed by atoms with E-state index in [-0.39, 0.29) is 0 Å². The van der Waals surface area contributed by atoms with Crippen LogP contribution in [0.25, 0.3) is 0 Å². The highest BCUT2D eigenvalue weighted by atomic mass is 16.1. The van der Waals surface area contributed by atoms with Crippen molar-refractivity contribution < 1.29 is 4.79 Å². The summed E-state index contributed by atoms with van der Waals surface area (Å²) in [6.45, 7) is 8.66. The lowest BCUT2D eigenvalue weighted by molar-refractivity contribution is 0.112. The highest BCUT2D eigenvalue weighted by Crippen LogP contribution is 2.56. The van der Waals surface area contributed by atoms with Crippen molar-refractivity contribution in [3.8, 4) is 0 Å². The topological polar surface area (TPSA) is 22.0 Å². The van der Waals surface area contributed by atoms with Gasteiger partial charge in [-0.05, 0) is 31.7 Å². The maximum Gasteiger partial charge on any atom is 0.151 e. The maximum absolute atomic E-state index is 10.8. The largest absolute Gasteiger partial charge is 0.345 e. The molecule has 0 aromatic carbocycles. The van der Waals surface area contributed by atoms with Gasteiger partial charge in [-0.15, -0.1) is 0 Å². The molecule has 1 aromatic rings. The zero-order chi connectivity index (χ0) is 10.5. The number of carbonyl (C=O) groups is 1. The third kappa shape index (κ3) is 1.21. The second-order valence-electron chi connectivity index (χ2n) is 5.02. The molecule has 0 spiro atoms. The molecule has 0 aliphatic heterocycles. The predicted molar refractivity (Wildman–Crippen MR) is 56.7 cm³/mol. The Hall–Kier alpha value is -1.05. The quantitative estimate of drug-likeness (QED) is 0.659. The molecule has 2 nitrogen and oxygen atoms in total. The van der Waals surface area contributed by atoms with Gasteiger partial charge in [-0.3, -0.25) is 4.79 Å². The Morgan fingerprint density at radius 3 is 2.43 bits per heavy atom. The van der Waals surface area contributed by atoms with Gasteiger partial charge in [0.15, 0.2) is 6.29 Å². The number of nitrogens with zero attached hydrogens (tertiary/aromatic N) is 1. The van der Waals surface area contributed by atoms with Crippen molar-refractivity contribution in [3.05, 3.63) is 23.0 Å². The standard InChI is InChI=1S/C12H17NO/c1-8-5-10(7-14)9(2)13(8)11-6-12(11,3)4/h5,7,11H,6H2,1-4H3. The van der Waals surface area contributed by atoms with Gasteiger partial charge < -0.3 is 4.57 Å². The van der Waals surface area contributed by atoms with E-state index in [0.29, 0.717) is 11.5 Å². The fraction of sp³-hybridized carbons (Fsp3) is 0.583. The smallest absolute Gasteiger partial charge is 0.151 e. The van der Waals surface area contributed by atoms with E-state index in [1.807, 2.05) is 13.0 Å². The first-order chi connectivity index (χ1) is 6.47. The average Bonchev–Trinajstić information content (AvgIpc) is 2.59. The lowest BCUT2D eigenvalue weighted by Crippen LogP contribution is -2.04. The normalized spacial score (nSPS) is 23.6. The van der Waals surface area contributed by atoms with Gasteiger partial charge in [0, 0.05) is 23.0 Å². The Labute approximate surface area is 84.9 Å². The zero-order valence-electron chi connectivity index (χ0n) is 9.29. The molecule has 1 fully saturated rings. The monoisotopic (exact) mass is 191 g/mol. The molecule has 0 saturated heterocycles. The van der Waals surface area contributed by atoms with E-state index in [9.17, 15) is 4.79 Å². The van der Waals surface area contributed by atoms with E-state index in [1.165, 1.54) is 12.1 Å². The van der Waals surface area contributed by atoms with Gasteiger partial charge in [-0.25, -0.2) is 0 Å².